The molecule has 1 unspecified atom stereocenters. The lowest BCUT2D eigenvalue weighted by atomic mass is 10.3. The van der Waals surface area contributed by atoms with Crippen LogP contribution in [0.4, 0.5) is 0 Å². The van der Waals surface area contributed by atoms with E-state index < -0.39 is 5.97 Å². The Morgan fingerprint density at radius 2 is 2.29 bits per heavy atom. The third kappa shape index (κ3) is 3.92. The van der Waals surface area contributed by atoms with E-state index in [1.807, 2.05) is 20.9 Å². The Balaban J connectivity index is 2.63. The van der Waals surface area contributed by atoms with Gasteiger partial charge >= 0.3 is 5.97 Å². The minimum absolute atomic E-state index is 0.0727. The van der Waals surface area contributed by atoms with E-state index in [0.29, 0.717) is 10.8 Å². The number of aromatic nitrogens is 2. The van der Waals surface area contributed by atoms with Crippen LogP contribution in [-0.2, 0) is 24.0 Å². The van der Waals surface area contributed by atoms with Gasteiger partial charge in [0, 0.05) is 18.1 Å². The first kappa shape index (κ1) is 14.4. The zero-order chi connectivity index (χ0) is 13.0. The van der Waals surface area contributed by atoms with E-state index >= 15 is 0 Å². The molecule has 1 aromatic heterocycles. The van der Waals surface area contributed by atoms with Crippen molar-refractivity contribution >= 4 is 29.3 Å². The second kappa shape index (κ2) is 6.31. The van der Waals surface area contributed by atoms with Gasteiger partial charge in [0.1, 0.15) is 0 Å². The molecule has 1 rings (SSSR count). The third-order valence-corrected chi connectivity index (χ3v) is 4.08. The Bertz CT molecular complexity index is 406. The molecule has 0 saturated heterocycles. The first-order chi connectivity index (χ1) is 7.95. The quantitative estimate of drug-likeness (QED) is 0.868. The number of carbonyl (C=O) groups is 1. The normalized spacial score (nSPS) is 12.7. The zero-order valence-corrected chi connectivity index (χ0v) is 11.8. The highest BCUT2D eigenvalue weighted by molar-refractivity contribution is 7.99. The van der Waals surface area contributed by atoms with Crippen molar-refractivity contribution in [3.05, 3.63) is 16.4 Å². The molecule has 1 atom stereocenters. The van der Waals surface area contributed by atoms with Gasteiger partial charge in [0.2, 0.25) is 0 Å². The van der Waals surface area contributed by atoms with Crippen LogP contribution in [0.5, 0.6) is 0 Å². The molecule has 1 N–H and O–H groups in total. The van der Waals surface area contributed by atoms with Crippen molar-refractivity contribution in [2.75, 3.05) is 0 Å². The maximum Gasteiger partial charge on any atom is 0.304 e. The Labute approximate surface area is 110 Å². The Morgan fingerprint density at radius 1 is 1.65 bits per heavy atom. The molecule has 1 aromatic rings. The summed E-state index contributed by atoms with van der Waals surface area (Å²) in [5, 5.41) is 13.8. The molecule has 17 heavy (non-hydrogen) atoms. The summed E-state index contributed by atoms with van der Waals surface area (Å²) >= 11 is 7.79. The Morgan fingerprint density at radius 3 is 2.76 bits per heavy atom. The Kier molecular flexibility index (Phi) is 5.33. The molecular formula is C11H17ClN2O2S. The highest BCUT2D eigenvalue weighted by Gasteiger charge is 2.15. The monoisotopic (exact) mass is 276 g/mol. The summed E-state index contributed by atoms with van der Waals surface area (Å²) in [5.74, 6) is -0.0769. The fourth-order valence-corrected chi connectivity index (χ4v) is 2.98. The smallest absolute Gasteiger partial charge is 0.304 e. The van der Waals surface area contributed by atoms with E-state index in [-0.39, 0.29) is 11.7 Å². The largest absolute Gasteiger partial charge is 0.481 e. The van der Waals surface area contributed by atoms with Crippen molar-refractivity contribution in [3.63, 3.8) is 0 Å². The predicted molar refractivity (Wildman–Crippen MR) is 70.6 cm³/mol. The summed E-state index contributed by atoms with van der Waals surface area (Å²) in [6, 6.07) is 0. The topological polar surface area (TPSA) is 55.1 Å². The van der Waals surface area contributed by atoms with Crippen LogP contribution in [-0.4, -0.2) is 26.1 Å². The minimum Gasteiger partial charge on any atom is -0.481 e. The van der Waals surface area contributed by atoms with Gasteiger partial charge < -0.3 is 5.11 Å². The standard InChI is InChI=1S/C11H17ClN2O2S/c1-4-8-11(12)9(14(3)13-8)6-17-7(2)5-10(15)16/h7H,4-6H2,1-3H3,(H,15,16). The summed E-state index contributed by atoms with van der Waals surface area (Å²) < 4.78 is 1.78. The van der Waals surface area contributed by atoms with E-state index in [1.165, 1.54) is 0 Å². The van der Waals surface area contributed by atoms with Crippen LogP contribution in [0.1, 0.15) is 31.7 Å². The van der Waals surface area contributed by atoms with Crippen LogP contribution in [0.15, 0.2) is 0 Å². The van der Waals surface area contributed by atoms with E-state index in [2.05, 4.69) is 5.10 Å². The summed E-state index contributed by atoms with van der Waals surface area (Å²) in [7, 11) is 1.86. The van der Waals surface area contributed by atoms with Crippen LogP contribution < -0.4 is 0 Å². The van der Waals surface area contributed by atoms with Crippen molar-refractivity contribution in [1.82, 2.24) is 9.78 Å². The molecule has 0 fully saturated rings. The number of carboxylic acids is 1. The van der Waals surface area contributed by atoms with Crippen LogP contribution >= 0.6 is 23.4 Å². The number of thioether (sulfide) groups is 1. The highest BCUT2D eigenvalue weighted by atomic mass is 35.5. The van der Waals surface area contributed by atoms with Gasteiger partial charge in [0.25, 0.3) is 0 Å². The van der Waals surface area contributed by atoms with Gasteiger partial charge in [-0.1, -0.05) is 25.4 Å². The summed E-state index contributed by atoms with van der Waals surface area (Å²) in [4.78, 5) is 10.5. The maximum absolute atomic E-state index is 10.5. The number of carboxylic acid groups (broad SMARTS) is 1. The van der Waals surface area contributed by atoms with Crippen LogP contribution in [0.3, 0.4) is 0 Å². The van der Waals surface area contributed by atoms with Crippen molar-refractivity contribution in [2.24, 2.45) is 7.05 Å². The van der Waals surface area contributed by atoms with Crippen LogP contribution in [0.2, 0.25) is 5.02 Å². The fourth-order valence-electron chi connectivity index (χ4n) is 1.50. The molecule has 0 aliphatic rings. The molecule has 0 saturated carbocycles. The maximum atomic E-state index is 10.5. The van der Waals surface area contributed by atoms with E-state index in [0.717, 1.165) is 17.8 Å². The molecule has 96 valence electrons. The fraction of sp³-hybridized carbons (Fsp3) is 0.636. The zero-order valence-electron chi connectivity index (χ0n) is 10.2. The van der Waals surface area contributed by atoms with Gasteiger partial charge in [-0.05, 0) is 6.42 Å². The lowest BCUT2D eigenvalue weighted by Crippen LogP contribution is -2.07. The minimum atomic E-state index is -0.768. The molecule has 6 heteroatoms. The molecule has 0 aliphatic carbocycles. The van der Waals surface area contributed by atoms with Crippen molar-refractivity contribution in [1.29, 1.82) is 0 Å². The average Bonchev–Trinajstić information content (AvgIpc) is 2.50. The number of aliphatic carboxylic acids is 1. The Hall–Kier alpha value is -0.680. The number of rotatable bonds is 6. The molecule has 0 radical (unpaired) electrons. The molecular weight excluding hydrogens is 260 g/mol. The first-order valence-electron chi connectivity index (χ1n) is 5.49. The average molecular weight is 277 g/mol. The third-order valence-electron chi connectivity index (χ3n) is 2.47. The number of nitrogens with zero attached hydrogens (tertiary/aromatic N) is 2. The molecule has 0 amide bonds. The summed E-state index contributed by atoms with van der Waals surface area (Å²) in [6.45, 7) is 3.92. The van der Waals surface area contributed by atoms with Crippen LogP contribution in [0.25, 0.3) is 0 Å². The summed E-state index contributed by atoms with van der Waals surface area (Å²) in [6.07, 6.45) is 0.975. The predicted octanol–water partition coefficient (Wildman–Crippen LogP) is 2.73. The van der Waals surface area contributed by atoms with Crippen molar-refractivity contribution in [3.8, 4) is 0 Å². The first-order valence-corrected chi connectivity index (χ1v) is 6.92. The molecule has 0 spiro atoms. The van der Waals surface area contributed by atoms with Gasteiger partial charge in [-0.2, -0.15) is 16.9 Å². The van der Waals surface area contributed by atoms with Crippen LogP contribution in [0, 0.1) is 0 Å². The SMILES string of the molecule is CCc1nn(C)c(CSC(C)CC(=O)O)c1Cl. The van der Waals surface area contributed by atoms with Gasteiger partial charge in [-0.25, -0.2) is 0 Å². The van der Waals surface area contributed by atoms with Crippen molar-refractivity contribution in [2.45, 2.75) is 37.7 Å². The van der Waals surface area contributed by atoms with Gasteiger partial charge in [0.05, 0.1) is 22.8 Å². The highest BCUT2D eigenvalue weighted by Crippen LogP contribution is 2.27. The molecule has 0 bridgehead atoms. The lowest BCUT2D eigenvalue weighted by Gasteiger charge is -2.08. The van der Waals surface area contributed by atoms with Gasteiger partial charge in [-0.15, -0.1) is 0 Å². The van der Waals surface area contributed by atoms with Gasteiger partial charge in [-0.3, -0.25) is 9.48 Å². The van der Waals surface area contributed by atoms with E-state index in [4.69, 9.17) is 16.7 Å². The number of aryl methyl sites for hydroxylation is 2. The number of hydrogen-bond acceptors (Lipinski definition) is 3. The number of halogens is 1. The molecule has 4 nitrogen and oxygen atoms in total. The summed E-state index contributed by atoms with van der Waals surface area (Å²) in [5.41, 5.74) is 1.86. The molecule has 0 aliphatic heterocycles. The number of hydrogen-bond donors (Lipinski definition) is 1. The van der Waals surface area contributed by atoms with Crippen molar-refractivity contribution < 1.29 is 9.90 Å². The second-order valence-corrected chi connectivity index (χ2v) is 5.71. The molecule has 0 aromatic carbocycles. The van der Waals surface area contributed by atoms with Gasteiger partial charge in [0.15, 0.2) is 0 Å². The lowest BCUT2D eigenvalue weighted by molar-refractivity contribution is -0.136. The second-order valence-electron chi connectivity index (χ2n) is 3.90. The van der Waals surface area contributed by atoms with E-state index in [1.54, 1.807) is 16.4 Å². The molecule has 1 heterocycles. The van der Waals surface area contributed by atoms with E-state index in [9.17, 15) is 4.79 Å².